The summed E-state index contributed by atoms with van der Waals surface area (Å²) in [6, 6.07) is 12.0. The number of ether oxygens (including phenoxy) is 1. The third-order valence-electron chi connectivity index (χ3n) is 3.21. The van der Waals surface area contributed by atoms with E-state index in [2.05, 4.69) is 35.4 Å². The molecule has 0 aliphatic rings. The van der Waals surface area contributed by atoms with Crippen LogP contribution in [0.3, 0.4) is 0 Å². The van der Waals surface area contributed by atoms with Crippen LogP contribution in [-0.2, 0) is 13.1 Å². The fourth-order valence-corrected chi connectivity index (χ4v) is 2.86. The SMILES string of the molecule is CCN(Cc1cccs1)Cc1cc(C#N)ccc1OC. The molecule has 0 saturated carbocycles. The van der Waals surface area contributed by atoms with Crippen LogP contribution in [0.4, 0.5) is 0 Å². The van der Waals surface area contributed by atoms with Gasteiger partial charge in [-0.3, -0.25) is 4.90 Å². The van der Waals surface area contributed by atoms with Crippen molar-refractivity contribution in [2.45, 2.75) is 20.0 Å². The Morgan fingerprint density at radius 2 is 2.15 bits per heavy atom. The smallest absolute Gasteiger partial charge is 0.123 e. The highest BCUT2D eigenvalue weighted by atomic mass is 32.1. The molecular formula is C16H18N2OS. The lowest BCUT2D eigenvalue weighted by Gasteiger charge is -2.21. The first-order valence-electron chi connectivity index (χ1n) is 6.58. The topological polar surface area (TPSA) is 36.3 Å². The van der Waals surface area contributed by atoms with Crippen LogP contribution >= 0.6 is 11.3 Å². The van der Waals surface area contributed by atoms with Gasteiger partial charge in [0.2, 0.25) is 0 Å². The minimum absolute atomic E-state index is 0.674. The maximum atomic E-state index is 9.02. The number of hydrogen-bond acceptors (Lipinski definition) is 4. The molecule has 1 aromatic heterocycles. The molecule has 1 aromatic carbocycles. The largest absolute Gasteiger partial charge is 0.496 e. The van der Waals surface area contributed by atoms with Crippen LogP contribution in [0.25, 0.3) is 0 Å². The Balaban J connectivity index is 2.16. The fraction of sp³-hybridized carbons (Fsp3) is 0.312. The van der Waals surface area contributed by atoms with Crippen LogP contribution in [0.5, 0.6) is 5.75 Å². The zero-order chi connectivity index (χ0) is 14.4. The number of thiophene rings is 1. The second-order valence-corrected chi connectivity index (χ2v) is 5.55. The first-order chi connectivity index (χ1) is 9.76. The van der Waals surface area contributed by atoms with E-state index < -0.39 is 0 Å². The van der Waals surface area contributed by atoms with E-state index >= 15 is 0 Å². The Labute approximate surface area is 124 Å². The van der Waals surface area contributed by atoms with Crippen LogP contribution in [-0.4, -0.2) is 18.6 Å². The molecule has 0 fully saturated rings. The molecule has 2 aromatic rings. The molecule has 0 saturated heterocycles. The van der Waals surface area contributed by atoms with Crippen LogP contribution in [0.2, 0.25) is 0 Å². The highest BCUT2D eigenvalue weighted by molar-refractivity contribution is 7.09. The van der Waals surface area contributed by atoms with Crippen molar-refractivity contribution >= 4 is 11.3 Å². The van der Waals surface area contributed by atoms with Crippen LogP contribution < -0.4 is 4.74 Å². The molecule has 20 heavy (non-hydrogen) atoms. The molecule has 0 radical (unpaired) electrons. The molecule has 0 N–H and O–H groups in total. The molecule has 0 spiro atoms. The van der Waals surface area contributed by atoms with E-state index in [0.717, 1.165) is 30.9 Å². The van der Waals surface area contributed by atoms with Gasteiger partial charge in [0.05, 0.1) is 18.7 Å². The van der Waals surface area contributed by atoms with Crippen molar-refractivity contribution in [1.82, 2.24) is 4.90 Å². The maximum Gasteiger partial charge on any atom is 0.123 e. The third kappa shape index (κ3) is 3.60. The van der Waals surface area contributed by atoms with Gasteiger partial charge < -0.3 is 4.74 Å². The number of nitrogens with zero attached hydrogens (tertiary/aromatic N) is 2. The number of methoxy groups -OCH3 is 1. The van der Waals surface area contributed by atoms with Crippen molar-refractivity contribution in [2.75, 3.05) is 13.7 Å². The summed E-state index contributed by atoms with van der Waals surface area (Å²) >= 11 is 1.77. The second-order valence-electron chi connectivity index (χ2n) is 4.52. The summed E-state index contributed by atoms with van der Waals surface area (Å²) in [7, 11) is 1.67. The molecule has 0 aliphatic carbocycles. The van der Waals surface area contributed by atoms with E-state index in [1.807, 2.05) is 12.1 Å². The quantitative estimate of drug-likeness (QED) is 0.813. The Bertz CT molecular complexity index is 587. The van der Waals surface area contributed by atoms with Gasteiger partial charge in [-0.05, 0) is 36.2 Å². The summed E-state index contributed by atoms with van der Waals surface area (Å²) in [5.74, 6) is 0.841. The van der Waals surface area contributed by atoms with Crippen LogP contribution in [0.15, 0.2) is 35.7 Å². The number of hydrogen-bond donors (Lipinski definition) is 0. The third-order valence-corrected chi connectivity index (χ3v) is 4.07. The Kier molecular flexibility index (Phi) is 5.16. The molecule has 0 atom stereocenters. The van der Waals surface area contributed by atoms with Crippen molar-refractivity contribution in [3.63, 3.8) is 0 Å². The lowest BCUT2D eigenvalue weighted by Crippen LogP contribution is -2.22. The predicted molar refractivity (Wildman–Crippen MR) is 81.8 cm³/mol. The van der Waals surface area contributed by atoms with E-state index in [1.54, 1.807) is 24.5 Å². The van der Waals surface area contributed by atoms with Crippen LogP contribution in [0.1, 0.15) is 22.9 Å². The van der Waals surface area contributed by atoms with Crippen molar-refractivity contribution in [2.24, 2.45) is 0 Å². The molecule has 0 aliphatic heterocycles. The molecule has 0 bridgehead atoms. The van der Waals surface area contributed by atoms with E-state index in [4.69, 9.17) is 10.00 Å². The van der Waals surface area contributed by atoms with Gasteiger partial charge in [0.15, 0.2) is 0 Å². The average Bonchev–Trinajstić information content (AvgIpc) is 2.99. The van der Waals surface area contributed by atoms with E-state index in [-0.39, 0.29) is 0 Å². The van der Waals surface area contributed by atoms with E-state index in [0.29, 0.717) is 5.56 Å². The van der Waals surface area contributed by atoms with Gasteiger partial charge in [0.25, 0.3) is 0 Å². The number of nitriles is 1. The van der Waals surface area contributed by atoms with E-state index in [9.17, 15) is 0 Å². The fourth-order valence-electron chi connectivity index (χ4n) is 2.12. The maximum absolute atomic E-state index is 9.02. The summed E-state index contributed by atoms with van der Waals surface area (Å²) in [5.41, 5.74) is 1.73. The molecule has 3 nitrogen and oxygen atoms in total. The predicted octanol–water partition coefficient (Wildman–Crippen LogP) is 3.65. The molecule has 1 heterocycles. The zero-order valence-corrected chi connectivity index (χ0v) is 12.6. The van der Waals surface area contributed by atoms with Crippen molar-refractivity contribution < 1.29 is 4.74 Å². The normalized spacial score (nSPS) is 10.5. The molecule has 0 amide bonds. The van der Waals surface area contributed by atoms with Crippen molar-refractivity contribution in [3.8, 4) is 11.8 Å². The van der Waals surface area contributed by atoms with Gasteiger partial charge in [0, 0.05) is 23.5 Å². The summed E-state index contributed by atoms with van der Waals surface area (Å²) in [5, 5.41) is 11.1. The zero-order valence-electron chi connectivity index (χ0n) is 11.8. The molecule has 4 heteroatoms. The Morgan fingerprint density at radius 1 is 1.30 bits per heavy atom. The summed E-state index contributed by atoms with van der Waals surface area (Å²) in [6.45, 7) is 4.81. The minimum Gasteiger partial charge on any atom is -0.496 e. The standard InChI is InChI=1S/C16H18N2OS/c1-3-18(12-15-5-4-8-20-15)11-14-9-13(10-17)6-7-16(14)19-2/h4-9H,3,11-12H2,1-2H3. The van der Waals surface area contributed by atoms with Gasteiger partial charge in [-0.2, -0.15) is 5.26 Å². The number of benzene rings is 1. The first kappa shape index (κ1) is 14.6. The lowest BCUT2D eigenvalue weighted by atomic mass is 10.1. The lowest BCUT2D eigenvalue weighted by molar-refractivity contribution is 0.268. The van der Waals surface area contributed by atoms with Gasteiger partial charge in [-0.1, -0.05) is 13.0 Å². The minimum atomic E-state index is 0.674. The highest BCUT2D eigenvalue weighted by Gasteiger charge is 2.10. The van der Waals surface area contributed by atoms with Gasteiger partial charge in [-0.25, -0.2) is 0 Å². The van der Waals surface area contributed by atoms with Gasteiger partial charge >= 0.3 is 0 Å². The highest BCUT2D eigenvalue weighted by Crippen LogP contribution is 2.22. The monoisotopic (exact) mass is 286 g/mol. The Morgan fingerprint density at radius 3 is 2.75 bits per heavy atom. The summed E-state index contributed by atoms with van der Waals surface area (Å²) in [4.78, 5) is 3.69. The van der Waals surface area contributed by atoms with Crippen LogP contribution in [0, 0.1) is 11.3 Å². The summed E-state index contributed by atoms with van der Waals surface area (Å²) < 4.78 is 5.39. The molecule has 2 rings (SSSR count). The van der Waals surface area contributed by atoms with Gasteiger partial charge in [0.1, 0.15) is 5.75 Å². The molecule has 0 unspecified atom stereocenters. The average molecular weight is 286 g/mol. The number of rotatable bonds is 6. The second kappa shape index (κ2) is 7.09. The Hall–Kier alpha value is -1.83. The van der Waals surface area contributed by atoms with Crippen molar-refractivity contribution in [3.05, 3.63) is 51.7 Å². The first-order valence-corrected chi connectivity index (χ1v) is 7.46. The molecule has 104 valence electrons. The van der Waals surface area contributed by atoms with Gasteiger partial charge in [-0.15, -0.1) is 11.3 Å². The van der Waals surface area contributed by atoms with Crippen molar-refractivity contribution in [1.29, 1.82) is 5.26 Å². The summed E-state index contributed by atoms with van der Waals surface area (Å²) in [6.07, 6.45) is 0. The molecular weight excluding hydrogens is 268 g/mol. The van der Waals surface area contributed by atoms with E-state index in [1.165, 1.54) is 4.88 Å².